The van der Waals surface area contributed by atoms with Gasteiger partial charge in [0.15, 0.2) is 0 Å². The summed E-state index contributed by atoms with van der Waals surface area (Å²) in [6, 6.07) is 8.47. The maximum absolute atomic E-state index is 5.54. The zero-order valence-electron chi connectivity index (χ0n) is 19.7. The first-order valence-electron chi connectivity index (χ1n) is 12.3. The lowest BCUT2D eigenvalue weighted by molar-refractivity contribution is -0.0973. The highest BCUT2D eigenvalue weighted by molar-refractivity contribution is 5.90. The largest absolute Gasteiger partial charge is 0.378 e. The van der Waals surface area contributed by atoms with Gasteiger partial charge in [0.25, 0.3) is 0 Å². The van der Waals surface area contributed by atoms with Gasteiger partial charge in [-0.3, -0.25) is 0 Å². The van der Waals surface area contributed by atoms with E-state index in [4.69, 9.17) is 14.7 Å². The molecule has 2 aromatic rings. The van der Waals surface area contributed by atoms with Crippen LogP contribution in [0.4, 0.5) is 11.8 Å². The topological polar surface area (TPSA) is 50.3 Å². The van der Waals surface area contributed by atoms with Gasteiger partial charge in [0.1, 0.15) is 5.82 Å². The third-order valence-electron chi connectivity index (χ3n) is 7.90. The Morgan fingerprint density at radius 1 is 0.935 bits per heavy atom. The fourth-order valence-corrected chi connectivity index (χ4v) is 7.90. The van der Waals surface area contributed by atoms with Crippen LogP contribution in [-0.2, 0) is 4.74 Å². The van der Waals surface area contributed by atoms with Crippen molar-refractivity contribution in [2.45, 2.75) is 71.8 Å². The molecule has 0 radical (unpaired) electrons. The molecule has 1 saturated heterocycles. The molecular weight excluding hydrogens is 384 g/mol. The number of nitrogens with one attached hydrogen (secondary N) is 1. The number of hydrogen-bond donors (Lipinski definition) is 1. The average molecular weight is 423 g/mol. The molecule has 31 heavy (non-hydrogen) atoms. The molecule has 0 amide bonds. The lowest BCUT2D eigenvalue weighted by Gasteiger charge is -2.65. The van der Waals surface area contributed by atoms with Gasteiger partial charge in [-0.25, -0.2) is 4.98 Å². The second-order valence-electron chi connectivity index (χ2n) is 11.0. The number of anilines is 2. The number of rotatable bonds is 3. The van der Waals surface area contributed by atoms with Gasteiger partial charge in [0.2, 0.25) is 5.95 Å². The SMILES string of the molecule is CC.CC12CC3CC(C)(C1)CC(Nc1nc(N4CCOCC4)nc4ccccc14)(C3)C2. The van der Waals surface area contributed by atoms with Crippen LogP contribution < -0.4 is 10.2 Å². The minimum Gasteiger partial charge on any atom is -0.378 e. The van der Waals surface area contributed by atoms with Crippen molar-refractivity contribution in [1.29, 1.82) is 0 Å². The van der Waals surface area contributed by atoms with E-state index >= 15 is 0 Å². The van der Waals surface area contributed by atoms with Crippen LogP contribution in [0.2, 0.25) is 0 Å². The van der Waals surface area contributed by atoms with Crippen molar-refractivity contribution in [2.75, 3.05) is 36.5 Å². The van der Waals surface area contributed by atoms with E-state index in [2.05, 4.69) is 48.3 Å². The molecule has 5 nitrogen and oxygen atoms in total. The zero-order chi connectivity index (χ0) is 21.7. The molecule has 1 aromatic carbocycles. The molecule has 1 N–H and O–H groups in total. The maximum atomic E-state index is 5.54. The maximum Gasteiger partial charge on any atom is 0.228 e. The van der Waals surface area contributed by atoms with Crippen LogP contribution in [0.15, 0.2) is 24.3 Å². The second kappa shape index (κ2) is 7.61. The lowest BCUT2D eigenvalue weighted by atomic mass is 9.43. The summed E-state index contributed by atoms with van der Waals surface area (Å²) in [6.07, 6.45) is 8.06. The number of aromatic nitrogens is 2. The summed E-state index contributed by atoms with van der Waals surface area (Å²) in [5.74, 6) is 2.74. The molecule has 5 heteroatoms. The summed E-state index contributed by atoms with van der Waals surface area (Å²) in [5, 5.41) is 5.20. The normalized spacial score (nSPS) is 36.3. The average Bonchev–Trinajstić information content (AvgIpc) is 2.73. The van der Waals surface area contributed by atoms with Crippen molar-refractivity contribution in [3.8, 4) is 0 Å². The number of benzene rings is 1. The van der Waals surface area contributed by atoms with Crippen LogP contribution in [0.5, 0.6) is 0 Å². The summed E-state index contributed by atoms with van der Waals surface area (Å²) in [6.45, 7) is 12.3. The molecular formula is C26H38N4O. The first-order chi connectivity index (χ1) is 14.9. The smallest absolute Gasteiger partial charge is 0.228 e. The Morgan fingerprint density at radius 3 is 2.29 bits per heavy atom. The third-order valence-corrected chi connectivity index (χ3v) is 7.90. The van der Waals surface area contributed by atoms with Gasteiger partial charge in [-0.15, -0.1) is 0 Å². The van der Waals surface area contributed by atoms with E-state index in [9.17, 15) is 0 Å². The molecule has 168 valence electrons. The van der Waals surface area contributed by atoms with Crippen LogP contribution in [0, 0.1) is 16.7 Å². The highest BCUT2D eigenvalue weighted by Crippen LogP contribution is 2.66. The summed E-state index contributed by atoms with van der Waals surface area (Å²) in [5.41, 5.74) is 2.18. The lowest BCUT2D eigenvalue weighted by Crippen LogP contribution is -2.61. The third kappa shape index (κ3) is 3.79. The molecule has 1 aliphatic heterocycles. The highest BCUT2D eigenvalue weighted by Gasteiger charge is 2.60. The van der Waals surface area contributed by atoms with Gasteiger partial charge in [0.05, 0.1) is 18.7 Å². The van der Waals surface area contributed by atoms with Crippen molar-refractivity contribution in [2.24, 2.45) is 16.7 Å². The number of morpholine rings is 1. The van der Waals surface area contributed by atoms with Crippen LogP contribution >= 0.6 is 0 Å². The Bertz CT molecular complexity index is 936. The quantitative estimate of drug-likeness (QED) is 0.692. The molecule has 4 aliphatic carbocycles. The first kappa shape index (κ1) is 21.0. The Labute approximate surface area is 187 Å². The van der Waals surface area contributed by atoms with Crippen LogP contribution in [0.3, 0.4) is 0 Å². The molecule has 5 fully saturated rings. The second-order valence-corrected chi connectivity index (χ2v) is 11.0. The Morgan fingerprint density at radius 2 is 1.61 bits per heavy atom. The van der Waals surface area contributed by atoms with Crippen molar-refractivity contribution in [1.82, 2.24) is 9.97 Å². The van der Waals surface area contributed by atoms with E-state index in [-0.39, 0.29) is 5.54 Å². The monoisotopic (exact) mass is 422 g/mol. The van der Waals surface area contributed by atoms with Gasteiger partial charge >= 0.3 is 0 Å². The number of fused-ring (bicyclic) bond motifs is 1. The van der Waals surface area contributed by atoms with E-state index in [0.717, 1.165) is 54.9 Å². The fraction of sp³-hybridized carbons (Fsp3) is 0.692. The molecule has 7 rings (SSSR count). The van der Waals surface area contributed by atoms with Crippen molar-refractivity contribution in [3.05, 3.63) is 24.3 Å². The molecule has 5 aliphatic rings. The summed E-state index contributed by atoms with van der Waals surface area (Å²) >= 11 is 0. The van der Waals surface area contributed by atoms with Crippen LogP contribution in [0.1, 0.15) is 66.2 Å². The van der Waals surface area contributed by atoms with E-state index in [0.29, 0.717) is 10.8 Å². The van der Waals surface area contributed by atoms with E-state index in [1.54, 1.807) is 0 Å². The van der Waals surface area contributed by atoms with Gasteiger partial charge in [0, 0.05) is 24.0 Å². The predicted molar refractivity (Wildman–Crippen MR) is 128 cm³/mol. The zero-order valence-corrected chi connectivity index (χ0v) is 19.7. The molecule has 0 spiro atoms. The molecule has 1 aromatic heterocycles. The minimum atomic E-state index is 0.183. The van der Waals surface area contributed by atoms with Crippen LogP contribution in [-0.4, -0.2) is 41.8 Å². The summed E-state index contributed by atoms with van der Waals surface area (Å²) < 4.78 is 5.54. The van der Waals surface area contributed by atoms with E-state index < -0.39 is 0 Å². The Balaban J connectivity index is 0.000000994. The highest BCUT2D eigenvalue weighted by atomic mass is 16.5. The van der Waals surface area contributed by atoms with Gasteiger partial charge in [-0.1, -0.05) is 39.8 Å². The van der Waals surface area contributed by atoms with Crippen molar-refractivity contribution >= 4 is 22.7 Å². The molecule has 2 atom stereocenters. The number of hydrogen-bond acceptors (Lipinski definition) is 5. The Kier molecular flexibility index (Phi) is 5.16. The molecule has 2 heterocycles. The molecule has 2 unspecified atom stereocenters. The first-order valence-corrected chi connectivity index (χ1v) is 12.3. The number of para-hydroxylation sites is 1. The van der Waals surface area contributed by atoms with Gasteiger partial charge in [-0.2, -0.15) is 4.98 Å². The molecule has 4 saturated carbocycles. The summed E-state index contributed by atoms with van der Waals surface area (Å²) in [4.78, 5) is 12.3. The van der Waals surface area contributed by atoms with Gasteiger partial charge < -0.3 is 15.0 Å². The number of nitrogens with zero attached hydrogens (tertiary/aromatic N) is 3. The summed E-state index contributed by atoms with van der Waals surface area (Å²) in [7, 11) is 0. The number of ether oxygens (including phenoxy) is 1. The molecule has 4 bridgehead atoms. The minimum absolute atomic E-state index is 0.183. The van der Waals surface area contributed by atoms with E-state index in [1.807, 2.05) is 13.8 Å². The Hall–Kier alpha value is -1.88. The van der Waals surface area contributed by atoms with Gasteiger partial charge in [-0.05, 0) is 67.4 Å². The van der Waals surface area contributed by atoms with Crippen LogP contribution in [0.25, 0.3) is 10.9 Å². The fourth-order valence-electron chi connectivity index (χ4n) is 7.90. The predicted octanol–water partition coefficient (Wildman–Crippen LogP) is 5.65. The van der Waals surface area contributed by atoms with Crippen molar-refractivity contribution < 1.29 is 4.74 Å². The van der Waals surface area contributed by atoms with Crippen molar-refractivity contribution in [3.63, 3.8) is 0 Å². The standard InChI is InChI=1S/C24H32N4O.C2H6/c1-22-11-17-12-23(2,14-22)16-24(13-17,15-22)27-20-18-5-3-4-6-19(18)25-21(26-20)28-7-9-29-10-8-28;1-2/h3-6,17H,7-16H2,1-2H3,(H,25,26,27);1-2H3. The van der Waals surface area contributed by atoms with E-state index in [1.165, 1.54) is 38.5 Å².